The van der Waals surface area contributed by atoms with Crippen molar-refractivity contribution in [2.45, 2.75) is 39.7 Å². The number of hydrogen-bond acceptors (Lipinski definition) is 4. The molecular formula is C17H30N6O2. The summed E-state index contributed by atoms with van der Waals surface area (Å²) in [5, 5.41) is 10.8. The molecule has 1 aromatic rings. The fourth-order valence-corrected chi connectivity index (χ4v) is 2.97. The number of hydrogen-bond donors (Lipinski definition) is 1. The van der Waals surface area contributed by atoms with Crippen LogP contribution in [0.2, 0.25) is 0 Å². The molecule has 1 saturated heterocycles. The Hall–Kier alpha value is -2.12. The third-order valence-electron chi connectivity index (χ3n) is 4.54. The molecule has 1 fully saturated rings. The highest BCUT2D eigenvalue weighted by molar-refractivity contribution is 5.77. The summed E-state index contributed by atoms with van der Waals surface area (Å²) >= 11 is 0. The van der Waals surface area contributed by atoms with Gasteiger partial charge in [0, 0.05) is 40.2 Å². The van der Waals surface area contributed by atoms with Crippen molar-refractivity contribution in [3.63, 3.8) is 0 Å². The molecule has 1 aliphatic heterocycles. The Labute approximate surface area is 149 Å². The quantitative estimate of drug-likeness (QED) is 0.837. The molecule has 2 rings (SSSR count). The summed E-state index contributed by atoms with van der Waals surface area (Å²) in [6.45, 7) is 6.69. The van der Waals surface area contributed by atoms with Gasteiger partial charge in [-0.3, -0.25) is 4.79 Å². The van der Waals surface area contributed by atoms with Gasteiger partial charge in [0.1, 0.15) is 6.33 Å². The van der Waals surface area contributed by atoms with Crippen LogP contribution >= 0.6 is 0 Å². The summed E-state index contributed by atoms with van der Waals surface area (Å²) in [6.07, 6.45) is 4.02. The van der Waals surface area contributed by atoms with Gasteiger partial charge in [0.05, 0.1) is 6.54 Å². The van der Waals surface area contributed by atoms with Crippen LogP contribution in [0.4, 0.5) is 4.79 Å². The molecule has 0 aliphatic carbocycles. The number of urea groups is 1. The van der Waals surface area contributed by atoms with Crippen molar-refractivity contribution in [2.24, 2.45) is 18.9 Å². The minimum atomic E-state index is -0.0155. The molecule has 0 radical (unpaired) electrons. The zero-order valence-corrected chi connectivity index (χ0v) is 15.7. The lowest BCUT2D eigenvalue weighted by Gasteiger charge is -2.33. The van der Waals surface area contributed by atoms with Gasteiger partial charge in [0.25, 0.3) is 0 Å². The number of piperidine rings is 1. The van der Waals surface area contributed by atoms with Crippen LogP contribution in [0.5, 0.6) is 0 Å². The Morgan fingerprint density at radius 3 is 2.84 bits per heavy atom. The van der Waals surface area contributed by atoms with E-state index in [4.69, 9.17) is 0 Å². The van der Waals surface area contributed by atoms with Crippen molar-refractivity contribution in [1.29, 1.82) is 0 Å². The number of carbonyl (C=O) groups excluding carboxylic acids is 2. The van der Waals surface area contributed by atoms with Gasteiger partial charge in [-0.15, -0.1) is 10.2 Å². The maximum absolute atomic E-state index is 12.5. The molecular weight excluding hydrogens is 320 g/mol. The molecule has 3 amide bonds. The molecule has 140 valence electrons. The second kappa shape index (κ2) is 8.82. The first kappa shape index (κ1) is 19.2. The molecule has 1 atom stereocenters. The highest BCUT2D eigenvalue weighted by Gasteiger charge is 2.26. The normalized spacial score (nSPS) is 17.6. The minimum absolute atomic E-state index is 0.0155. The summed E-state index contributed by atoms with van der Waals surface area (Å²) in [7, 11) is 3.65. The molecule has 1 N–H and O–H groups in total. The Morgan fingerprint density at radius 1 is 1.44 bits per heavy atom. The van der Waals surface area contributed by atoms with Crippen LogP contribution in [0, 0.1) is 11.8 Å². The predicted molar refractivity (Wildman–Crippen MR) is 94.6 cm³/mol. The van der Waals surface area contributed by atoms with E-state index in [1.165, 1.54) is 0 Å². The molecule has 8 heteroatoms. The molecule has 2 heterocycles. The lowest BCUT2D eigenvalue weighted by Crippen LogP contribution is -2.47. The second-order valence-corrected chi connectivity index (χ2v) is 7.35. The number of amides is 3. The van der Waals surface area contributed by atoms with E-state index in [-0.39, 0.29) is 17.9 Å². The smallest absolute Gasteiger partial charge is 0.317 e. The summed E-state index contributed by atoms with van der Waals surface area (Å²) in [4.78, 5) is 28.2. The van der Waals surface area contributed by atoms with Crippen molar-refractivity contribution < 1.29 is 9.59 Å². The Morgan fingerprint density at radius 2 is 2.20 bits per heavy atom. The minimum Gasteiger partial charge on any atom is -0.338 e. The van der Waals surface area contributed by atoms with Crippen molar-refractivity contribution in [3.8, 4) is 0 Å². The zero-order chi connectivity index (χ0) is 18.4. The first-order valence-electron chi connectivity index (χ1n) is 8.96. The number of nitrogens with zero attached hydrogens (tertiary/aromatic N) is 5. The highest BCUT2D eigenvalue weighted by Crippen LogP contribution is 2.20. The van der Waals surface area contributed by atoms with Crippen LogP contribution in [0.1, 0.15) is 38.9 Å². The number of nitrogens with one attached hydrogen (secondary N) is 1. The predicted octanol–water partition coefficient (Wildman–Crippen LogP) is 1.24. The first-order valence-corrected chi connectivity index (χ1v) is 8.96. The zero-order valence-electron chi connectivity index (χ0n) is 15.7. The standard InChI is InChI=1S/C17H30N6O2/c1-13(2)9-18-17(25)23-7-5-6-14(10-23)8-16(24)21(3)11-15-20-19-12-22(15)4/h12-14H,5-11H2,1-4H3,(H,18,25). The van der Waals surface area contributed by atoms with E-state index >= 15 is 0 Å². The van der Waals surface area contributed by atoms with E-state index in [0.29, 0.717) is 32.0 Å². The van der Waals surface area contributed by atoms with E-state index in [0.717, 1.165) is 25.2 Å². The van der Waals surface area contributed by atoms with E-state index in [1.807, 2.05) is 16.5 Å². The van der Waals surface area contributed by atoms with Crippen LogP contribution in [-0.4, -0.2) is 63.2 Å². The third-order valence-corrected chi connectivity index (χ3v) is 4.54. The summed E-state index contributed by atoms with van der Waals surface area (Å²) < 4.78 is 1.81. The lowest BCUT2D eigenvalue weighted by atomic mass is 9.94. The summed E-state index contributed by atoms with van der Waals surface area (Å²) in [5.74, 6) is 1.49. The largest absolute Gasteiger partial charge is 0.338 e. The molecule has 1 aromatic heterocycles. The fourth-order valence-electron chi connectivity index (χ4n) is 2.97. The van der Waals surface area contributed by atoms with Crippen LogP contribution in [0.15, 0.2) is 6.33 Å². The lowest BCUT2D eigenvalue weighted by molar-refractivity contribution is -0.131. The van der Waals surface area contributed by atoms with Gasteiger partial charge in [-0.05, 0) is 24.7 Å². The van der Waals surface area contributed by atoms with E-state index < -0.39 is 0 Å². The second-order valence-electron chi connectivity index (χ2n) is 7.35. The van der Waals surface area contributed by atoms with Gasteiger partial charge >= 0.3 is 6.03 Å². The molecule has 8 nitrogen and oxygen atoms in total. The van der Waals surface area contributed by atoms with E-state index in [1.54, 1.807) is 18.3 Å². The fraction of sp³-hybridized carbons (Fsp3) is 0.765. The van der Waals surface area contributed by atoms with Crippen molar-refractivity contribution in [3.05, 3.63) is 12.2 Å². The molecule has 0 spiro atoms. The van der Waals surface area contributed by atoms with Gasteiger partial charge in [-0.25, -0.2) is 4.79 Å². The summed E-state index contributed by atoms with van der Waals surface area (Å²) in [5.41, 5.74) is 0. The van der Waals surface area contributed by atoms with Gasteiger partial charge < -0.3 is 19.7 Å². The maximum atomic E-state index is 12.5. The van der Waals surface area contributed by atoms with Crippen molar-refractivity contribution >= 4 is 11.9 Å². The van der Waals surface area contributed by atoms with E-state index in [9.17, 15) is 9.59 Å². The highest BCUT2D eigenvalue weighted by atomic mass is 16.2. The van der Waals surface area contributed by atoms with Crippen molar-refractivity contribution in [2.75, 3.05) is 26.7 Å². The molecule has 1 unspecified atom stereocenters. The molecule has 0 aromatic carbocycles. The number of likely N-dealkylation sites (tertiary alicyclic amines) is 1. The van der Waals surface area contributed by atoms with Crippen LogP contribution in [0.3, 0.4) is 0 Å². The van der Waals surface area contributed by atoms with Gasteiger partial charge in [0.2, 0.25) is 5.91 Å². The van der Waals surface area contributed by atoms with Gasteiger partial charge in [0.15, 0.2) is 5.82 Å². The number of rotatable bonds is 6. The molecule has 0 saturated carbocycles. The number of aromatic nitrogens is 3. The van der Waals surface area contributed by atoms with Gasteiger partial charge in [-0.1, -0.05) is 13.8 Å². The number of carbonyl (C=O) groups is 2. The van der Waals surface area contributed by atoms with Gasteiger partial charge in [-0.2, -0.15) is 0 Å². The molecule has 1 aliphatic rings. The number of aryl methyl sites for hydroxylation is 1. The Bertz CT molecular complexity index is 585. The SMILES string of the molecule is CC(C)CNC(=O)N1CCCC(CC(=O)N(C)Cc2nncn2C)C1. The van der Waals surface area contributed by atoms with E-state index in [2.05, 4.69) is 29.4 Å². The van der Waals surface area contributed by atoms with Crippen LogP contribution < -0.4 is 5.32 Å². The maximum Gasteiger partial charge on any atom is 0.317 e. The van der Waals surface area contributed by atoms with Crippen LogP contribution in [-0.2, 0) is 18.4 Å². The van der Waals surface area contributed by atoms with Crippen molar-refractivity contribution in [1.82, 2.24) is 29.9 Å². The Kier molecular flexibility index (Phi) is 6.78. The molecule has 0 bridgehead atoms. The average molecular weight is 350 g/mol. The average Bonchev–Trinajstić information content (AvgIpc) is 2.97. The molecule has 25 heavy (non-hydrogen) atoms. The third kappa shape index (κ3) is 5.72. The Balaban J connectivity index is 1.81. The first-order chi connectivity index (χ1) is 11.9. The monoisotopic (exact) mass is 350 g/mol. The van der Waals surface area contributed by atoms with Crippen LogP contribution in [0.25, 0.3) is 0 Å². The summed E-state index contributed by atoms with van der Waals surface area (Å²) in [6, 6.07) is -0.0155. The topological polar surface area (TPSA) is 83.4 Å².